The van der Waals surface area contributed by atoms with Gasteiger partial charge in [-0.1, -0.05) is 42.5 Å². The lowest BCUT2D eigenvalue weighted by molar-refractivity contribution is -0.133. The number of hydrogen-bond donors (Lipinski definition) is 1. The maximum Gasteiger partial charge on any atom is 0.239 e. The second kappa shape index (κ2) is 9.05. The van der Waals surface area contributed by atoms with E-state index in [9.17, 15) is 4.79 Å². The number of nitrogens with zero attached hydrogens (tertiary/aromatic N) is 1. The quantitative estimate of drug-likeness (QED) is 0.724. The molecule has 1 aliphatic carbocycles. The first-order valence-corrected chi connectivity index (χ1v) is 9.85. The van der Waals surface area contributed by atoms with Crippen molar-refractivity contribution in [3.63, 3.8) is 0 Å². The summed E-state index contributed by atoms with van der Waals surface area (Å²) in [7, 11) is 1.68. The number of hydrogen-bond acceptors (Lipinski definition) is 3. The average Bonchev–Trinajstić information content (AvgIpc) is 3.55. The van der Waals surface area contributed by atoms with E-state index in [4.69, 9.17) is 4.74 Å². The number of likely N-dealkylation sites (N-methyl/N-ethyl adjacent to an activating group) is 1. The maximum atomic E-state index is 13.0. The Morgan fingerprint density at radius 3 is 2.37 bits per heavy atom. The molecule has 1 fully saturated rings. The van der Waals surface area contributed by atoms with Gasteiger partial charge in [-0.25, -0.2) is 0 Å². The van der Waals surface area contributed by atoms with Gasteiger partial charge in [0.05, 0.1) is 13.2 Å². The summed E-state index contributed by atoms with van der Waals surface area (Å²) in [5.74, 6) is 1.62. The van der Waals surface area contributed by atoms with Crippen molar-refractivity contribution in [3.8, 4) is 5.75 Å². The van der Waals surface area contributed by atoms with Crippen LogP contribution in [0.4, 0.5) is 0 Å². The van der Waals surface area contributed by atoms with Gasteiger partial charge in [0.1, 0.15) is 5.75 Å². The molecule has 0 radical (unpaired) electrons. The Balaban J connectivity index is 1.66. The van der Waals surface area contributed by atoms with Gasteiger partial charge >= 0.3 is 0 Å². The lowest BCUT2D eigenvalue weighted by Crippen LogP contribution is -2.46. The number of benzene rings is 2. The van der Waals surface area contributed by atoms with E-state index in [-0.39, 0.29) is 18.0 Å². The Morgan fingerprint density at radius 1 is 1.15 bits per heavy atom. The SMILES string of the molecule is CCN(Cc1ccccc1)C(=O)C(C)NC(c1ccc(OC)cc1)C1CC1. The summed E-state index contributed by atoms with van der Waals surface area (Å²) in [6, 6.07) is 18.4. The Labute approximate surface area is 162 Å². The van der Waals surface area contributed by atoms with Crippen LogP contribution in [0.1, 0.15) is 43.9 Å². The molecule has 1 aliphatic rings. The van der Waals surface area contributed by atoms with Crippen molar-refractivity contribution < 1.29 is 9.53 Å². The van der Waals surface area contributed by atoms with Crippen molar-refractivity contribution in [2.24, 2.45) is 5.92 Å². The van der Waals surface area contributed by atoms with Gasteiger partial charge in [-0.15, -0.1) is 0 Å². The van der Waals surface area contributed by atoms with Crippen LogP contribution in [0.5, 0.6) is 5.75 Å². The third-order valence-electron chi connectivity index (χ3n) is 5.28. The zero-order valence-electron chi connectivity index (χ0n) is 16.5. The number of amides is 1. The van der Waals surface area contributed by atoms with Crippen LogP contribution in [0.25, 0.3) is 0 Å². The van der Waals surface area contributed by atoms with Crippen LogP contribution in [-0.4, -0.2) is 30.5 Å². The molecule has 2 unspecified atom stereocenters. The molecule has 144 valence electrons. The summed E-state index contributed by atoms with van der Waals surface area (Å²) in [6.07, 6.45) is 2.43. The van der Waals surface area contributed by atoms with Crippen LogP contribution in [-0.2, 0) is 11.3 Å². The third-order valence-corrected chi connectivity index (χ3v) is 5.28. The van der Waals surface area contributed by atoms with E-state index in [0.717, 1.165) is 11.3 Å². The summed E-state index contributed by atoms with van der Waals surface area (Å²) < 4.78 is 5.27. The van der Waals surface area contributed by atoms with E-state index in [1.54, 1.807) is 7.11 Å². The fourth-order valence-corrected chi connectivity index (χ4v) is 3.51. The highest BCUT2D eigenvalue weighted by Gasteiger charge is 2.34. The molecule has 3 rings (SSSR count). The monoisotopic (exact) mass is 366 g/mol. The van der Waals surface area contributed by atoms with Crippen molar-refractivity contribution in [1.82, 2.24) is 10.2 Å². The van der Waals surface area contributed by atoms with Gasteiger partial charge < -0.3 is 9.64 Å². The molecule has 27 heavy (non-hydrogen) atoms. The van der Waals surface area contributed by atoms with Gasteiger partial charge in [0.15, 0.2) is 0 Å². The zero-order valence-corrected chi connectivity index (χ0v) is 16.5. The molecule has 2 aromatic rings. The first kappa shape index (κ1) is 19.4. The van der Waals surface area contributed by atoms with Gasteiger partial charge in [0.25, 0.3) is 0 Å². The fourth-order valence-electron chi connectivity index (χ4n) is 3.51. The largest absolute Gasteiger partial charge is 0.497 e. The highest BCUT2D eigenvalue weighted by atomic mass is 16.5. The van der Waals surface area contributed by atoms with E-state index < -0.39 is 0 Å². The summed E-state index contributed by atoms with van der Waals surface area (Å²) >= 11 is 0. The van der Waals surface area contributed by atoms with E-state index in [1.165, 1.54) is 18.4 Å². The van der Waals surface area contributed by atoms with E-state index in [2.05, 4.69) is 29.6 Å². The molecule has 1 saturated carbocycles. The molecule has 0 aliphatic heterocycles. The molecule has 4 nitrogen and oxygen atoms in total. The van der Waals surface area contributed by atoms with Crippen molar-refractivity contribution in [3.05, 3.63) is 65.7 Å². The summed E-state index contributed by atoms with van der Waals surface area (Å²) in [5, 5.41) is 3.60. The van der Waals surface area contributed by atoms with Gasteiger partial charge in [0, 0.05) is 19.1 Å². The fraction of sp³-hybridized carbons (Fsp3) is 0.435. The highest BCUT2D eigenvalue weighted by molar-refractivity contribution is 5.81. The first-order valence-electron chi connectivity index (χ1n) is 9.85. The minimum absolute atomic E-state index is 0.153. The maximum absolute atomic E-state index is 13.0. The predicted octanol–water partition coefficient (Wildman–Crippen LogP) is 4.17. The standard InChI is InChI=1S/C23H30N2O2/c1-4-25(16-18-8-6-5-7-9-18)23(26)17(2)24-22(19-10-11-19)20-12-14-21(27-3)15-13-20/h5-9,12-15,17,19,22,24H,4,10-11,16H2,1-3H3. The molecule has 2 atom stereocenters. The lowest BCUT2D eigenvalue weighted by atomic mass is 10.0. The van der Waals surface area contributed by atoms with Crippen LogP contribution in [0, 0.1) is 5.92 Å². The lowest BCUT2D eigenvalue weighted by Gasteiger charge is -2.28. The van der Waals surface area contributed by atoms with Crippen molar-refractivity contribution in [2.75, 3.05) is 13.7 Å². The molecule has 0 saturated heterocycles. The van der Waals surface area contributed by atoms with Crippen molar-refractivity contribution in [2.45, 2.75) is 45.3 Å². The average molecular weight is 367 g/mol. The third kappa shape index (κ3) is 5.10. The Morgan fingerprint density at radius 2 is 1.81 bits per heavy atom. The smallest absolute Gasteiger partial charge is 0.239 e. The summed E-state index contributed by atoms with van der Waals surface area (Å²) in [4.78, 5) is 15.0. The van der Waals surface area contributed by atoms with E-state index in [0.29, 0.717) is 19.0 Å². The van der Waals surface area contributed by atoms with Gasteiger partial charge in [0.2, 0.25) is 5.91 Å². The molecule has 1 amide bonds. The Bertz CT molecular complexity index is 726. The van der Waals surface area contributed by atoms with Crippen molar-refractivity contribution >= 4 is 5.91 Å². The molecular formula is C23H30N2O2. The van der Waals surface area contributed by atoms with Crippen LogP contribution >= 0.6 is 0 Å². The number of ether oxygens (including phenoxy) is 1. The van der Waals surface area contributed by atoms with Crippen molar-refractivity contribution in [1.29, 1.82) is 0 Å². The predicted molar refractivity (Wildman–Crippen MR) is 109 cm³/mol. The molecule has 0 heterocycles. The van der Waals surface area contributed by atoms with E-state index in [1.807, 2.05) is 49.1 Å². The molecule has 1 N–H and O–H groups in total. The number of carbonyl (C=O) groups excluding carboxylic acids is 1. The first-order chi connectivity index (χ1) is 13.1. The summed E-state index contributed by atoms with van der Waals surface area (Å²) in [5.41, 5.74) is 2.39. The minimum atomic E-state index is -0.221. The molecule has 0 spiro atoms. The number of carbonyl (C=O) groups is 1. The second-order valence-electron chi connectivity index (χ2n) is 7.31. The minimum Gasteiger partial charge on any atom is -0.497 e. The molecule has 0 aromatic heterocycles. The summed E-state index contributed by atoms with van der Waals surface area (Å²) in [6.45, 7) is 5.37. The van der Waals surface area contributed by atoms with Crippen LogP contribution in [0.2, 0.25) is 0 Å². The number of nitrogens with one attached hydrogen (secondary N) is 1. The molecule has 0 bridgehead atoms. The number of rotatable bonds is 9. The molecule has 4 heteroatoms. The highest BCUT2D eigenvalue weighted by Crippen LogP contribution is 2.41. The van der Waals surface area contributed by atoms with E-state index >= 15 is 0 Å². The Hall–Kier alpha value is -2.33. The topological polar surface area (TPSA) is 41.6 Å². The van der Waals surface area contributed by atoms with Gasteiger partial charge in [-0.05, 0) is 55.9 Å². The molecular weight excluding hydrogens is 336 g/mol. The van der Waals surface area contributed by atoms with Gasteiger partial charge in [-0.3, -0.25) is 10.1 Å². The Kier molecular flexibility index (Phi) is 6.51. The zero-order chi connectivity index (χ0) is 19.2. The normalized spacial score (nSPS) is 15.8. The van der Waals surface area contributed by atoms with Gasteiger partial charge in [-0.2, -0.15) is 0 Å². The second-order valence-corrected chi connectivity index (χ2v) is 7.31. The number of methoxy groups -OCH3 is 1. The van der Waals surface area contributed by atoms with Crippen LogP contribution in [0.15, 0.2) is 54.6 Å². The van der Waals surface area contributed by atoms with Crippen LogP contribution in [0.3, 0.4) is 0 Å². The van der Waals surface area contributed by atoms with Crippen LogP contribution < -0.4 is 10.1 Å². The molecule has 2 aromatic carbocycles.